The molecule has 8 heteroatoms. The summed E-state index contributed by atoms with van der Waals surface area (Å²) in [6, 6.07) is 11.6. The van der Waals surface area contributed by atoms with Crippen molar-refractivity contribution in [3.8, 4) is 5.75 Å². The standard InChI is InChI=1S/C20H25FN4O2S/c1-4-25(5-2)18-11-8-16(13-22-23-20(26)24-28-3)19(12-18)27-14-15-6-9-17(21)10-7-15/h6-13H,4-5,14H2,1-3H3,(H2,23,24,26)/b22-13+. The van der Waals surface area contributed by atoms with Crippen LogP contribution in [0, 0.1) is 5.82 Å². The second-order valence-corrected chi connectivity index (χ2v) is 6.43. The molecule has 0 aromatic heterocycles. The Morgan fingerprint density at radius 3 is 2.57 bits per heavy atom. The number of amides is 2. The highest BCUT2D eigenvalue weighted by Crippen LogP contribution is 2.26. The summed E-state index contributed by atoms with van der Waals surface area (Å²) in [4.78, 5) is 13.7. The number of hydrogen-bond acceptors (Lipinski definition) is 5. The Morgan fingerprint density at radius 1 is 1.21 bits per heavy atom. The molecule has 0 heterocycles. The Balaban J connectivity index is 2.20. The van der Waals surface area contributed by atoms with Gasteiger partial charge in [0.15, 0.2) is 0 Å². The summed E-state index contributed by atoms with van der Waals surface area (Å²) in [5.41, 5.74) is 5.00. The van der Waals surface area contributed by atoms with Crippen molar-refractivity contribution in [1.29, 1.82) is 0 Å². The molecule has 0 aliphatic rings. The lowest BCUT2D eigenvalue weighted by atomic mass is 10.1. The van der Waals surface area contributed by atoms with E-state index in [0.29, 0.717) is 12.4 Å². The summed E-state index contributed by atoms with van der Waals surface area (Å²) in [5, 5.41) is 3.96. The van der Waals surface area contributed by atoms with Crippen molar-refractivity contribution in [3.63, 3.8) is 0 Å². The van der Waals surface area contributed by atoms with Crippen LogP contribution in [0.3, 0.4) is 0 Å². The third kappa shape index (κ3) is 6.45. The smallest absolute Gasteiger partial charge is 0.345 e. The molecule has 6 nitrogen and oxygen atoms in total. The fourth-order valence-electron chi connectivity index (χ4n) is 2.56. The van der Waals surface area contributed by atoms with Gasteiger partial charge in [0.1, 0.15) is 18.2 Å². The number of rotatable bonds is 9. The molecular weight excluding hydrogens is 379 g/mol. The summed E-state index contributed by atoms with van der Waals surface area (Å²) >= 11 is 1.18. The number of nitrogens with zero attached hydrogens (tertiary/aromatic N) is 2. The maximum absolute atomic E-state index is 13.1. The van der Waals surface area contributed by atoms with Crippen LogP contribution in [0.2, 0.25) is 0 Å². The highest BCUT2D eigenvalue weighted by molar-refractivity contribution is 7.97. The zero-order valence-electron chi connectivity index (χ0n) is 16.2. The van der Waals surface area contributed by atoms with E-state index in [-0.39, 0.29) is 5.82 Å². The second kappa shape index (κ2) is 11.2. The number of benzene rings is 2. The highest BCUT2D eigenvalue weighted by atomic mass is 32.2. The van der Waals surface area contributed by atoms with Gasteiger partial charge in [-0.15, -0.1) is 0 Å². The van der Waals surface area contributed by atoms with Crippen molar-refractivity contribution in [2.45, 2.75) is 20.5 Å². The van der Waals surface area contributed by atoms with Crippen LogP contribution >= 0.6 is 11.9 Å². The molecule has 2 rings (SSSR count). The van der Waals surface area contributed by atoms with Gasteiger partial charge < -0.3 is 9.64 Å². The monoisotopic (exact) mass is 404 g/mol. The Kier molecular flexibility index (Phi) is 8.61. The second-order valence-electron chi connectivity index (χ2n) is 5.81. The van der Waals surface area contributed by atoms with Crippen molar-refractivity contribution in [1.82, 2.24) is 10.1 Å². The molecule has 0 aliphatic carbocycles. The fourth-order valence-corrected chi connectivity index (χ4v) is 2.79. The number of ether oxygens (including phenoxy) is 1. The first-order valence-corrected chi connectivity index (χ1v) is 10.2. The van der Waals surface area contributed by atoms with Gasteiger partial charge in [-0.1, -0.05) is 24.1 Å². The molecule has 0 unspecified atom stereocenters. The predicted octanol–water partition coefficient (Wildman–Crippen LogP) is 4.16. The molecule has 0 radical (unpaired) electrons. The van der Waals surface area contributed by atoms with E-state index in [1.165, 1.54) is 30.3 Å². The molecule has 2 aromatic rings. The van der Waals surface area contributed by atoms with E-state index >= 15 is 0 Å². The molecule has 0 atom stereocenters. The number of urea groups is 1. The summed E-state index contributed by atoms with van der Waals surface area (Å²) in [6.07, 6.45) is 3.28. The number of carbonyl (C=O) groups excluding carboxylic acids is 1. The number of hydrazone groups is 1. The van der Waals surface area contributed by atoms with Gasteiger partial charge in [0, 0.05) is 36.7 Å². The Hall–Kier alpha value is -2.74. The lowest BCUT2D eigenvalue weighted by Gasteiger charge is -2.22. The first-order valence-electron chi connectivity index (χ1n) is 8.95. The number of anilines is 1. The summed E-state index contributed by atoms with van der Waals surface area (Å²) in [6.45, 7) is 6.22. The minimum Gasteiger partial charge on any atom is -0.488 e. The molecule has 0 fully saturated rings. The van der Waals surface area contributed by atoms with E-state index in [0.717, 1.165) is 29.9 Å². The Labute approximate surface area is 169 Å². The number of halogens is 1. The minimum atomic E-state index is -0.405. The normalized spacial score (nSPS) is 10.7. The molecule has 28 heavy (non-hydrogen) atoms. The van der Waals surface area contributed by atoms with Gasteiger partial charge in [0.05, 0.1) is 6.21 Å². The summed E-state index contributed by atoms with van der Waals surface area (Å²) < 4.78 is 21.6. The van der Waals surface area contributed by atoms with Crippen LogP contribution in [-0.2, 0) is 6.61 Å². The maximum atomic E-state index is 13.1. The molecular formula is C20H25FN4O2S. The van der Waals surface area contributed by atoms with Crippen molar-refractivity contribution >= 4 is 29.9 Å². The summed E-state index contributed by atoms with van der Waals surface area (Å²) in [7, 11) is 0. The van der Waals surface area contributed by atoms with E-state index in [1.54, 1.807) is 18.4 Å². The van der Waals surface area contributed by atoms with Crippen molar-refractivity contribution in [2.24, 2.45) is 5.10 Å². The van der Waals surface area contributed by atoms with Crippen LogP contribution in [-0.4, -0.2) is 31.6 Å². The quantitative estimate of drug-likeness (QED) is 0.374. The number of carbonyl (C=O) groups is 1. The molecule has 2 N–H and O–H groups in total. The zero-order valence-corrected chi connectivity index (χ0v) is 17.1. The van der Waals surface area contributed by atoms with Gasteiger partial charge in [-0.25, -0.2) is 14.6 Å². The van der Waals surface area contributed by atoms with Crippen LogP contribution in [0.1, 0.15) is 25.0 Å². The van der Waals surface area contributed by atoms with Crippen LogP contribution < -0.4 is 19.8 Å². The topological polar surface area (TPSA) is 66.0 Å². The third-order valence-electron chi connectivity index (χ3n) is 4.00. The molecule has 0 bridgehead atoms. The van der Waals surface area contributed by atoms with Gasteiger partial charge in [0.2, 0.25) is 0 Å². The van der Waals surface area contributed by atoms with E-state index in [2.05, 4.69) is 34.0 Å². The van der Waals surface area contributed by atoms with Gasteiger partial charge in [-0.2, -0.15) is 5.10 Å². The first kappa shape index (κ1) is 21.6. The van der Waals surface area contributed by atoms with Crippen LogP contribution in [0.15, 0.2) is 47.6 Å². The minimum absolute atomic E-state index is 0.283. The van der Waals surface area contributed by atoms with Gasteiger partial charge in [-0.3, -0.25) is 4.72 Å². The molecule has 150 valence electrons. The van der Waals surface area contributed by atoms with Gasteiger partial charge in [-0.05, 0) is 43.7 Å². The summed E-state index contributed by atoms with van der Waals surface area (Å²) in [5.74, 6) is 0.347. The Morgan fingerprint density at radius 2 is 1.93 bits per heavy atom. The van der Waals surface area contributed by atoms with Gasteiger partial charge in [0.25, 0.3) is 0 Å². The molecule has 0 aliphatic heterocycles. The average molecular weight is 405 g/mol. The van der Waals surface area contributed by atoms with Crippen molar-refractivity contribution < 1.29 is 13.9 Å². The molecule has 0 spiro atoms. The van der Waals surface area contributed by atoms with Crippen LogP contribution in [0.5, 0.6) is 5.75 Å². The fraction of sp³-hybridized carbons (Fsp3) is 0.300. The van der Waals surface area contributed by atoms with Gasteiger partial charge >= 0.3 is 6.03 Å². The molecule has 0 saturated heterocycles. The van der Waals surface area contributed by atoms with E-state index in [1.807, 2.05) is 18.2 Å². The highest BCUT2D eigenvalue weighted by Gasteiger charge is 2.09. The molecule has 2 aromatic carbocycles. The predicted molar refractivity (Wildman–Crippen MR) is 114 cm³/mol. The SMILES string of the molecule is CCN(CC)c1ccc(/C=N/NC(=O)NSC)c(OCc2ccc(F)cc2)c1. The lowest BCUT2D eigenvalue weighted by molar-refractivity contribution is 0.247. The first-order chi connectivity index (χ1) is 13.6. The average Bonchev–Trinajstić information content (AvgIpc) is 2.70. The van der Waals surface area contributed by atoms with Crippen molar-refractivity contribution in [3.05, 3.63) is 59.4 Å². The maximum Gasteiger partial charge on any atom is 0.345 e. The molecule has 2 amide bonds. The lowest BCUT2D eigenvalue weighted by Crippen LogP contribution is -2.26. The largest absolute Gasteiger partial charge is 0.488 e. The van der Waals surface area contributed by atoms with Crippen LogP contribution in [0.4, 0.5) is 14.9 Å². The molecule has 0 saturated carbocycles. The Bertz CT molecular complexity index is 795. The number of nitrogens with one attached hydrogen (secondary N) is 2. The van der Waals surface area contributed by atoms with E-state index in [9.17, 15) is 9.18 Å². The van der Waals surface area contributed by atoms with Crippen LogP contribution in [0.25, 0.3) is 0 Å². The van der Waals surface area contributed by atoms with Crippen molar-refractivity contribution in [2.75, 3.05) is 24.2 Å². The zero-order chi connectivity index (χ0) is 20.4. The number of hydrogen-bond donors (Lipinski definition) is 2. The third-order valence-corrected chi connectivity index (χ3v) is 4.39. The van der Waals surface area contributed by atoms with E-state index < -0.39 is 6.03 Å². The van der Waals surface area contributed by atoms with E-state index in [4.69, 9.17) is 4.74 Å².